The van der Waals surface area contributed by atoms with Gasteiger partial charge >= 0.3 is 6.18 Å². The van der Waals surface area contributed by atoms with Crippen molar-refractivity contribution in [2.75, 3.05) is 17.2 Å². The Labute approximate surface area is 97.1 Å². The van der Waals surface area contributed by atoms with Crippen molar-refractivity contribution in [1.82, 2.24) is 0 Å². The second kappa shape index (κ2) is 3.65. The second-order valence-electron chi connectivity index (χ2n) is 3.28. The molecule has 0 aromatic heterocycles. The number of amides is 1. The molecule has 0 unspecified atom stereocenters. The summed E-state index contributed by atoms with van der Waals surface area (Å²) < 4.78 is 37.6. The van der Waals surface area contributed by atoms with Crippen molar-refractivity contribution >= 4 is 33.2 Å². The molecule has 1 aliphatic rings. The molecule has 0 atom stereocenters. The first-order chi connectivity index (χ1) is 7.38. The smallest absolute Gasteiger partial charge is 0.374 e. The number of carbonyl (C=O) groups excluding carboxylic acids is 1. The summed E-state index contributed by atoms with van der Waals surface area (Å²) in [6.07, 6.45) is -4.45. The summed E-state index contributed by atoms with van der Waals surface area (Å²) in [7, 11) is 0. The van der Waals surface area contributed by atoms with Gasteiger partial charge in [0, 0.05) is 4.47 Å². The summed E-state index contributed by atoms with van der Waals surface area (Å²) in [4.78, 5) is 11.0. The molecule has 0 aliphatic carbocycles. The molecule has 1 aromatic rings. The molecular weight excluding hydrogens is 289 g/mol. The van der Waals surface area contributed by atoms with E-state index >= 15 is 0 Å². The number of rotatable bonds is 0. The van der Waals surface area contributed by atoms with Gasteiger partial charge in [0.25, 0.3) is 0 Å². The molecule has 1 heterocycles. The maximum atomic E-state index is 12.6. The van der Waals surface area contributed by atoms with Gasteiger partial charge in [0.05, 0.1) is 23.5 Å². The van der Waals surface area contributed by atoms with Gasteiger partial charge in [0.1, 0.15) is 0 Å². The molecule has 1 aromatic carbocycles. The number of anilines is 2. The molecule has 0 spiro atoms. The molecule has 2 N–H and O–H groups in total. The molecule has 7 heteroatoms. The Morgan fingerprint density at radius 3 is 2.56 bits per heavy atom. The van der Waals surface area contributed by atoms with Gasteiger partial charge in [0.15, 0.2) is 0 Å². The molecule has 86 valence electrons. The maximum Gasteiger partial charge on any atom is 0.417 e. The summed E-state index contributed by atoms with van der Waals surface area (Å²) in [6, 6.07) is 2.21. The van der Waals surface area contributed by atoms with Gasteiger partial charge in [-0.05, 0) is 12.1 Å². The van der Waals surface area contributed by atoms with E-state index < -0.39 is 11.7 Å². The highest BCUT2D eigenvalue weighted by Crippen LogP contribution is 2.40. The molecule has 16 heavy (non-hydrogen) atoms. The normalized spacial score (nSPS) is 15.1. The van der Waals surface area contributed by atoms with Crippen LogP contribution in [0.1, 0.15) is 5.56 Å². The lowest BCUT2D eigenvalue weighted by atomic mass is 10.1. The zero-order valence-electron chi connectivity index (χ0n) is 7.78. The number of benzene rings is 1. The minimum atomic E-state index is -4.45. The molecule has 0 bridgehead atoms. The van der Waals surface area contributed by atoms with Gasteiger partial charge in [-0.25, -0.2) is 0 Å². The average molecular weight is 295 g/mol. The molecule has 2 rings (SSSR count). The lowest BCUT2D eigenvalue weighted by molar-refractivity contribution is -0.138. The SMILES string of the molecule is O=C1CNc2cc(Br)c(C(F)(F)F)cc2N1. The minimum absolute atomic E-state index is 0.0533. The monoisotopic (exact) mass is 294 g/mol. The van der Waals surface area contributed by atoms with Crippen LogP contribution in [0, 0.1) is 0 Å². The van der Waals surface area contributed by atoms with Crippen LogP contribution >= 0.6 is 15.9 Å². The van der Waals surface area contributed by atoms with Gasteiger partial charge in [0.2, 0.25) is 5.91 Å². The van der Waals surface area contributed by atoms with Crippen LogP contribution in [0.5, 0.6) is 0 Å². The van der Waals surface area contributed by atoms with E-state index in [0.717, 1.165) is 6.07 Å². The Hall–Kier alpha value is -1.24. The van der Waals surface area contributed by atoms with E-state index in [1.54, 1.807) is 0 Å². The predicted molar refractivity (Wildman–Crippen MR) is 56.3 cm³/mol. The van der Waals surface area contributed by atoms with Crippen LogP contribution in [0.15, 0.2) is 16.6 Å². The van der Waals surface area contributed by atoms with E-state index in [4.69, 9.17) is 0 Å². The molecular formula is C9H6BrF3N2O. The Balaban J connectivity index is 2.51. The Kier molecular flexibility index (Phi) is 2.57. The highest BCUT2D eigenvalue weighted by Gasteiger charge is 2.34. The summed E-state index contributed by atoms with van der Waals surface area (Å²) in [6.45, 7) is 0.0603. The number of halogens is 4. The number of carbonyl (C=O) groups is 1. The molecule has 0 saturated heterocycles. The van der Waals surface area contributed by atoms with Crippen LogP contribution in [-0.4, -0.2) is 12.5 Å². The van der Waals surface area contributed by atoms with Crippen LogP contribution in [-0.2, 0) is 11.0 Å². The third-order valence-corrected chi connectivity index (χ3v) is 2.78. The maximum absolute atomic E-state index is 12.6. The topological polar surface area (TPSA) is 41.1 Å². The summed E-state index contributed by atoms with van der Waals surface area (Å²) in [5.41, 5.74) is -0.193. The van der Waals surface area contributed by atoms with E-state index in [9.17, 15) is 18.0 Å². The van der Waals surface area contributed by atoms with Crippen molar-refractivity contribution in [2.24, 2.45) is 0 Å². The second-order valence-corrected chi connectivity index (χ2v) is 4.13. The lowest BCUT2D eigenvalue weighted by Gasteiger charge is -2.21. The van der Waals surface area contributed by atoms with Crippen LogP contribution in [0.4, 0.5) is 24.5 Å². The standard InChI is InChI=1S/C9H6BrF3N2O/c10-5-2-6-7(15-8(16)3-14-6)1-4(5)9(11,12)13/h1-2,14H,3H2,(H,15,16). The van der Waals surface area contributed by atoms with Crippen LogP contribution in [0.25, 0.3) is 0 Å². The van der Waals surface area contributed by atoms with E-state index in [-0.39, 0.29) is 22.6 Å². The van der Waals surface area contributed by atoms with E-state index in [1.165, 1.54) is 6.07 Å². The van der Waals surface area contributed by atoms with E-state index in [2.05, 4.69) is 26.6 Å². The fraction of sp³-hybridized carbons (Fsp3) is 0.222. The number of hydrogen-bond acceptors (Lipinski definition) is 2. The number of nitrogens with one attached hydrogen (secondary N) is 2. The molecule has 1 amide bonds. The van der Waals surface area contributed by atoms with Crippen molar-refractivity contribution < 1.29 is 18.0 Å². The summed E-state index contributed by atoms with van der Waals surface area (Å²) in [5, 5.41) is 5.10. The van der Waals surface area contributed by atoms with Crippen molar-refractivity contribution in [2.45, 2.75) is 6.18 Å². The van der Waals surface area contributed by atoms with Gasteiger partial charge in [-0.15, -0.1) is 0 Å². The molecule has 0 saturated carbocycles. The molecule has 0 radical (unpaired) electrons. The fourth-order valence-corrected chi connectivity index (χ4v) is 1.98. The third kappa shape index (κ3) is 1.99. The van der Waals surface area contributed by atoms with Crippen molar-refractivity contribution in [3.63, 3.8) is 0 Å². The first-order valence-electron chi connectivity index (χ1n) is 4.32. The average Bonchev–Trinajstić information content (AvgIpc) is 2.16. The fourth-order valence-electron chi connectivity index (χ4n) is 1.41. The van der Waals surface area contributed by atoms with Crippen molar-refractivity contribution in [3.05, 3.63) is 22.2 Å². The van der Waals surface area contributed by atoms with Gasteiger partial charge < -0.3 is 10.6 Å². The Morgan fingerprint density at radius 2 is 1.94 bits per heavy atom. The van der Waals surface area contributed by atoms with Gasteiger partial charge in [-0.3, -0.25) is 4.79 Å². The largest absolute Gasteiger partial charge is 0.417 e. The first-order valence-corrected chi connectivity index (χ1v) is 5.11. The number of alkyl halides is 3. The van der Waals surface area contributed by atoms with Crippen molar-refractivity contribution in [1.29, 1.82) is 0 Å². The lowest BCUT2D eigenvalue weighted by Crippen LogP contribution is -2.27. The molecule has 0 fully saturated rings. The highest BCUT2D eigenvalue weighted by atomic mass is 79.9. The summed E-state index contributed by atoms with van der Waals surface area (Å²) >= 11 is 2.85. The molecule has 3 nitrogen and oxygen atoms in total. The summed E-state index contributed by atoms with van der Waals surface area (Å²) in [5.74, 6) is -0.358. The van der Waals surface area contributed by atoms with Gasteiger partial charge in [-0.1, -0.05) is 15.9 Å². The van der Waals surface area contributed by atoms with Crippen LogP contribution in [0.2, 0.25) is 0 Å². The zero-order chi connectivity index (χ0) is 11.9. The Morgan fingerprint density at radius 1 is 1.25 bits per heavy atom. The van der Waals surface area contributed by atoms with Gasteiger partial charge in [-0.2, -0.15) is 13.2 Å². The predicted octanol–water partition coefficient (Wildman–Crippen LogP) is 2.83. The van der Waals surface area contributed by atoms with E-state index in [0.29, 0.717) is 5.69 Å². The zero-order valence-corrected chi connectivity index (χ0v) is 9.37. The first kappa shape index (κ1) is 11.3. The molecule has 1 aliphatic heterocycles. The Bertz CT molecular complexity index is 459. The number of fused-ring (bicyclic) bond motifs is 1. The highest BCUT2D eigenvalue weighted by molar-refractivity contribution is 9.10. The quantitative estimate of drug-likeness (QED) is 0.772. The third-order valence-electron chi connectivity index (χ3n) is 2.13. The van der Waals surface area contributed by atoms with Crippen molar-refractivity contribution in [3.8, 4) is 0 Å². The van der Waals surface area contributed by atoms with Crippen LogP contribution in [0.3, 0.4) is 0 Å². The minimum Gasteiger partial charge on any atom is -0.374 e. The van der Waals surface area contributed by atoms with Crippen LogP contribution < -0.4 is 10.6 Å². The van der Waals surface area contributed by atoms with E-state index in [1.807, 2.05) is 0 Å². The number of hydrogen-bond donors (Lipinski definition) is 2.